The molecule has 0 bridgehead atoms. The number of alkyl carbamates (subject to hydrolysis) is 1. The number of ether oxygens (including phenoxy) is 1. The minimum atomic E-state index is -4.41. The van der Waals surface area contributed by atoms with Gasteiger partial charge in [-0.3, -0.25) is 0 Å². The quantitative estimate of drug-likeness (QED) is 0.575. The fourth-order valence-corrected chi connectivity index (χ4v) is 2.97. The summed E-state index contributed by atoms with van der Waals surface area (Å²) in [5.74, 6) is 0. The molecular weight excluding hydrogens is 409 g/mol. The lowest BCUT2D eigenvalue weighted by atomic mass is 10.0. The molecule has 0 spiro atoms. The van der Waals surface area contributed by atoms with Crippen molar-refractivity contribution in [2.45, 2.75) is 57.7 Å². The highest BCUT2D eigenvalue weighted by Gasteiger charge is 2.30. The molecule has 0 radical (unpaired) electrons. The van der Waals surface area contributed by atoms with Crippen LogP contribution in [0.4, 0.5) is 18.0 Å². The van der Waals surface area contributed by atoms with E-state index in [0.29, 0.717) is 12.0 Å². The van der Waals surface area contributed by atoms with Crippen LogP contribution >= 0.6 is 0 Å². The van der Waals surface area contributed by atoms with Gasteiger partial charge in [-0.1, -0.05) is 48.5 Å². The third kappa shape index (κ3) is 8.98. The molecule has 2 atom stereocenters. The fraction of sp³-hybridized carbons (Fsp3) is 0.435. The van der Waals surface area contributed by atoms with Crippen LogP contribution in [0.3, 0.4) is 0 Å². The zero-order valence-corrected chi connectivity index (χ0v) is 17.9. The second kappa shape index (κ2) is 10.6. The number of carbonyl (C=O) groups is 1. The van der Waals surface area contributed by atoms with Crippen molar-refractivity contribution in [3.8, 4) is 0 Å². The zero-order chi connectivity index (χ0) is 23.1. The smallest absolute Gasteiger partial charge is 0.416 e. The van der Waals surface area contributed by atoms with Gasteiger partial charge in [-0.05, 0) is 44.4 Å². The van der Waals surface area contributed by atoms with E-state index in [4.69, 9.17) is 4.74 Å². The molecule has 1 amide bonds. The number of rotatable bonds is 8. The van der Waals surface area contributed by atoms with Crippen LogP contribution in [0, 0.1) is 0 Å². The van der Waals surface area contributed by atoms with Crippen LogP contribution in [0.15, 0.2) is 54.6 Å². The van der Waals surface area contributed by atoms with Crippen LogP contribution in [0.25, 0.3) is 0 Å². The summed E-state index contributed by atoms with van der Waals surface area (Å²) in [5.41, 5.74) is -0.0447. The van der Waals surface area contributed by atoms with Crippen LogP contribution in [-0.2, 0) is 23.9 Å². The van der Waals surface area contributed by atoms with Crippen molar-refractivity contribution in [1.29, 1.82) is 0 Å². The van der Waals surface area contributed by atoms with Gasteiger partial charge >= 0.3 is 12.3 Å². The average Bonchev–Trinajstić information content (AvgIpc) is 2.66. The van der Waals surface area contributed by atoms with E-state index in [1.807, 2.05) is 30.3 Å². The Labute approximate surface area is 180 Å². The van der Waals surface area contributed by atoms with Crippen LogP contribution < -0.4 is 10.6 Å². The predicted octanol–water partition coefficient (Wildman–Crippen LogP) is 4.29. The van der Waals surface area contributed by atoms with E-state index in [9.17, 15) is 23.1 Å². The van der Waals surface area contributed by atoms with E-state index >= 15 is 0 Å². The molecular formula is C23H29F3N2O3. The maximum absolute atomic E-state index is 12.9. The Hall–Kier alpha value is -2.58. The lowest BCUT2D eigenvalue weighted by Crippen LogP contribution is -2.49. The molecule has 0 saturated carbocycles. The minimum Gasteiger partial charge on any atom is -0.444 e. The van der Waals surface area contributed by atoms with Gasteiger partial charge in [0.15, 0.2) is 0 Å². The predicted molar refractivity (Wildman–Crippen MR) is 112 cm³/mol. The second-order valence-corrected chi connectivity index (χ2v) is 8.34. The molecule has 8 heteroatoms. The first kappa shape index (κ1) is 24.7. The van der Waals surface area contributed by atoms with E-state index in [-0.39, 0.29) is 13.1 Å². The summed E-state index contributed by atoms with van der Waals surface area (Å²) in [4.78, 5) is 12.2. The molecule has 0 aliphatic rings. The minimum absolute atomic E-state index is 0.0730. The molecule has 2 rings (SSSR count). The van der Waals surface area contributed by atoms with Gasteiger partial charge in [-0.15, -0.1) is 0 Å². The Kier molecular flexibility index (Phi) is 8.47. The molecule has 0 aliphatic carbocycles. The van der Waals surface area contributed by atoms with E-state index in [2.05, 4.69) is 10.6 Å². The first-order chi connectivity index (χ1) is 14.4. The summed E-state index contributed by atoms with van der Waals surface area (Å²) in [6, 6.07) is 13.7. The molecule has 2 aromatic rings. The Morgan fingerprint density at radius 3 is 2.29 bits per heavy atom. The molecule has 2 unspecified atom stereocenters. The fourth-order valence-electron chi connectivity index (χ4n) is 2.97. The SMILES string of the molecule is CC(C)(C)OC(=O)NC(Cc1ccccc1)C(O)CNCc1cccc(C(F)(F)F)c1. The maximum atomic E-state index is 12.9. The summed E-state index contributed by atoms with van der Waals surface area (Å²) in [6.07, 6.45) is -5.68. The first-order valence-electron chi connectivity index (χ1n) is 10.0. The van der Waals surface area contributed by atoms with Gasteiger partial charge in [0.25, 0.3) is 0 Å². The van der Waals surface area contributed by atoms with Crippen LogP contribution in [0.1, 0.15) is 37.5 Å². The Morgan fingerprint density at radius 2 is 1.68 bits per heavy atom. The number of aliphatic hydroxyl groups is 1. The Morgan fingerprint density at radius 1 is 1.03 bits per heavy atom. The van der Waals surface area contributed by atoms with Crippen molar-refractivity contribution in [1.82, 2.24) is 10.6 Å². The summed E-state index contributed by atoms with van der Waals surface area (Å²) in [7, 11) is 0. The van der Waals surface area contributed by atoms with E-state index in [1.54, 1.807) is 26.8 Å². The average molecular weight is 438 g/mol. The van der Waals surface area contributed by atoms with Crippen molar-refractivity contribution < 1.29 is 27.8 Å². The third-order valence-electron chi connectivity index (χ3n) is 4.40. The summed E-state index contributed by atoms with van der Waals surface area (Å²) in [6.45, 7) is 5.44. The molecule has 31 heavy (non-hydrogen) atoms. The van der Waals surface area contributed by atoms with E-state index in [0.717, 1.165) is 17.7 Å². The zero-order valence-electron chi connectivity index (χ0n) is 17.9. The highest BCUT2D eigenvalue weighted by atomic mass is 19.4. The van der Waals surface area contributed by atoms with Crippen molar-refractivity contribution in [3.05, 3.63) is 71.3 Å². The van der Waals surface area contributed by atoms with Gasteiger partial charge in [0.2, 0.25) is 0 Å². The molecule has 5 nitrogen and oxygen atoms in total. The van der Waals surface area contributed by atoms with Gasteiger partial charge < -0.3 is 20.5 Å². The number of alkyl halides is 3. The molecule has 0 saturated heterocycles. The second-order valence-electron chi connectivity index (χ2n) is 8.34. The largest absolute Gasteiger partial charge is 0.444 e. The maximum Gasteiger partial charge on any atom is 0.416 e. The number of aliphatic hydroxyl groups excluding tert-OH is 1. The number of nitrogens with one attached hydrogen (secondary N) is 2. The van der Waals surface area contributed by atoms with Crippen molar-refractivity contribution >= 4 is 6.09 Å². The van der Waals surface area contributed by atoms with Crippen LogP contribution in [-0.4, -0.2) is 35.5 Å². The number of hydrogen-bond acceptors (Lipinski definition) is 4. The van der Waals surface area contributed by atoms with Crippen molar-refractivity contribution in [3.63, 3.8) is 0 Å². The Bertz CT molecular complexity index is 836. The van der Waals surface area contributed by atoms with Gasteiger partial charge in [0.1, 0.15) is 5.60 Å². The first-order valence-corrected chi connectivity index (χ1v) is 10.0. The number of carbonyl (C=O) groups excluding carboxylic acids is 1. The Balaban J connectivity index is 1.99. The topological polar surface area (TPSA) is 70.6 Å². The molecule has 3 N–H and O–H groups in total. The lowest BCUT2D eigenvalue weighted by molar-refractivity contribution is -0.137. The highest BCUT2D eigenvalue weighted by molar-refractivity contribution is 5.68. The summed E-state index contributed by atoms with van der Waals surface area (Å²) >= 11 is 0. The van der Waals surface area contributed by atoms with E-state index in [1.165, 1.54) is 6.07 Å². The van der Waals surface area contributed by atoms with Gasteiger partial charge in [-0.2, -0.15) is 13.2 Å². The number of halogens is 3. The monoisotopic (exact) mass is 438 g/mol. The summed E-state index contributed by atoms with van der Waals surface area (Å²) < 4.78 is 43.9. The van der Waals surface area contributed by atoms with Gasteiger partial charge in [0.05, 0.1) is 17.7 Å². The molecule has 0 aromatic heterocycles. The third-order valence-corrected chi connectivity index (χ3v) is 4.40. The van der Waals surface area contributed by atoms with E-state index < -0.39 is 35.6 Å². The normalized spacial score (nSPS) is 14.0. The molecule has 0 fully saturated rings. The molecule has 0 aliphatic heterocycles. The molecule has 0 heterocycles. The number of amides is 1. The summed E-state index contributed by atoms with van der Waals surface area (Å²) in [5, 5.41) is 16.3. The molecule has 170 valence electrons. The number of benzene rings is 2. The number of hydrogen-bond donors (Lipinski definition) is 3. The van der Waals surface area contributed by atoms with Crippen LogP contribution in [0.5, 0.6) is 0 Å². The lowest BCUT2D eigenvalue weighted by Gasteiger charge is -2.27. The standard InChI is InChI=1S/C23H29F3N2O3/c1-22(2,3)31-21(30)28-19(13-16-8-5-4-6-9-16)20(29)15-27-14-17-10-7-11-18(12-17)23(24,25)26/h4-12,19-20,27,29H,13-15H2,1-3H3,(H,28,30). The molecule has 2 aromatic carbocycles. The van der Waals surface area contributed by atoms with Gasteiger partial charge in [-0.25, -0.2) is 4.79 Å². The van der Waals surface area contributed by atoms with Crippen molar-refractivity contribution in [2.24, 2.45) is 0 Å². The van der Waals surface area contributed by atoms with Crippen molar-refractivity contribution in [2.75, 3.05) is 6.54 Å². The highest BCUT2D eigenvalue weighted by Crippen LogP contribution is 2.29. The van der Waals surface area contributed by atoms with Crippen LogP contribution in [0.2, 0.25) is 0 Å². The van der Waals surface area contributed by atoms with Gasteiger partial charge in [0, 0.05) is 13.1 Å².